The topological polar surface area (TPSA) is 83.6 Å². The number of nitrogens with one attached hydrogen (secondary N) is 1. The van der Waals surface area contributed by atoms with Gasteiger partial charge in [0.15, 0.2) is 0 Å². The zero-order valence-electron chi connectivity index (χ0n) is 16.6. The van der Waals surface area contributed by atoms with Gasteiger partial charge in [0, 0.05) is 6.54 Å². The Labute approximate surface area is 172 Å². The molecule has 1 N–H and O–H groups in total. The number of carbonyl (C=O) groups is 2. The fourth-order valence-corrected chi connectivity index (χ4v) is 4.52. The van der Waals surface area contributed by atoms with Crippen molar-refractivity contribution >= 4 is 27.5 Å². The Morgan fingerprint density at radius 1 is 0.828 bits per heavy atom. The van der Waals surface area contributed by atoms with Gasteiger partial charge in [-0.3, -0.25) is 9.59 Å². The summed E-state index contributed by atoms with van der Waals surface area (Å²) in [6.45, 7) is 2.52. The zero-order chi connectivity index (χ0) is 20.9. The molecule has 6 nitrogen and oxygen atoms in total. The van der Waals surface area contributed by atoms with Gasteiger partial charge in [0.25, 0.3) is 11.8 Å². The van der Waals surface area contributed by atoms with E-state index >= 15 is 0 Å². The van der Waals surface area contributed by atoms with E-state index in [9.17, 15) is 18.0 Å². The highest BCUT2D eigenvalue weighted by Crippen LogP contribution is 2.29. The minimum absolute atomic E-state index is 0.0394. The lowest BCUT2D eigenvalue weighted by atomic mass is 10.1. The van der Waals surface area contributed by atoms with Crippen molar-refractivity contribution in [1.29, 1.82) is 0 Å². The van der Waals surface area contributed by atoms with Gasteiger partial charge in [-0.25, -0.2) is 18.0 Å². The second-order valence-electron chi connectivity index (χ2n) is 7.15. The summed E-state index contributed by atoms with van der Waals surface area (Å²) >= 11 is 0. The molecular formula is C22H26N2O4S. The van der Waals surface area contributed by atoms with E-state index in [-0.39, 0.29) is 10.6 Å². The molecule has 1 heterocycles. The summed E-state index contributed by atoms with van der Waals surface area (Å²) < 4.78 is 27.8. The largest absolute Gasteiger partial charge is 0.268 e. The first-order chi connectivity index (χ1) is 14.0. The first-order valence-electron chi connectivity index (χ1n) is 10.0. The van der Waals surface area contributed by atoms with Gasteiger partial charge in [-0.2, -0.15) is 0 Å². The van der Waals surface area contributed by atoms with Crippen molar-refractivity contribution in [3.63, 3.8) is 0 Å². The molecule has 0 spiro atoms. The molecule has 0 unspecified atom stereocenters. The summed E-state index contributed by atoms with van der Waals surface area (Å²) in [5.74, 6) is -0.889. The number of hydrogen-bond acceptors (Lipinski definition) is 4. The van der Waals surface area contributed by atoms with Gasteiger partial charge in [-0.1, -0.05) is 57.2 Å². The molecule has 3 rings (SSSR count). The molecule has 29 heavy (non-hydrogen) atoms. The first kappa shape index (κ1) is 21.2. The molecule has 154 valence electrons. The molecule has 0 aromatic heterocycles. The van der Waals surface area contributed by atoms with Gasteiger partial charge in [0.1, 0.15) is 0 Å². The number of imide groups is 1. The van der Waals surface area contributed by atoms with E-state index in [1.165, 1.54) is 37.5 Å². The van der Waals surface area contributed by atoms with Crippen molar-refractivity contribution in [2.24, 2.45) is 0 Å². The van der Waals surface area contributed by atoms with Crippen molar-refractivity contribution in [3.8, 4) is 0 Å². The molecule has 2 amide bonds. The molecule has 0 atom stereocenters. The predicted molar refractivity (Wildman–Crippen MR) is 113 cm³/mol. The number of unbranched alkanes of at least 4 members (excludes halogenated alkanes) is 5. The zero-order valence-corrected chi connectivity index (χ0v) is 17.4. The third-order valence-corrected chi connectivity index (χ3v) is 6.46. The molecule has 1 aliphatic rings. The molecule has 2 aromatic rings. The Morgan fingerprint density at radius 2 is 1.45 bits per heavy atom. The van der Waals surface area contributed by atoms with Gasteiger partial charge in [-0.05, 0) is 36.8 Å². The summed E-state index contributed by atoms with van der Waals surface area (Å²) in [6, 6.07) is 12.5. The van der Waals surface area contributed by atoms with Crippen molar-refractivity contribution in [3.05, 3.63) is 59.7 Å². The number of amides is 2. The van der Waals surface area contributed by atoms with E-state index < -0.39 is 21.8 Å². The second-order valence-corrected chi connectivity index (χ2v) is 8.92. The summed E-state index contributed by atoms with van der Waals surface area (Å²) in [5.41, 5.74) is 0.901. The number of nitrogens with zero attached hydrogens (tertiary/aromatic N) is 1. The normalized spacial score (nSPS) is 13.8. The maximum Gasteiger partial charge on any atom is 0.266 e. The van der Waals surface area contributed by atoms with E-state index in [0.29, 0.717) is 17.7 Å². The minimum atomic E-state index is -3.71. The fourth-order valence-electron chi connectivity index (χ4n) is 3.41. The number of carbonyl (C=O) groups excluding carboxylic acids is 2. The van der Waals surface area contributed by atoms with E-state index in [2.05, 4.69) is 11.6 Å². The number of hydrogen-bond donors (Lipinski definition) is 1. The minimum Gasteiger partial charge on any atom is -0.268 e. The molecule has 0 fully saturated rings. The second kappa shape index (κ2) is 9.33. The number of sulfonamides is 1. The van der Waals surface area contributed by atoms with E-state index in [1.807, 2.05) is 0 Å². The Morgan fingerprint density at radius 3 is 2.10 bits per heavy atom. The number of anilines is 1. The van der Waals surface area contributed by atoms with Crippen LogP contribution in [0.5, 0.6) is 0 Å². The maximum absolute atomic E-state index is 12.6. The van der Waals surface area contributed by atoms with E-state index in [1.54, 1.807) is 30.3 Å². The molecule has 2 aromatic carbocycles. The van der Waals surface area contributed by atoms with Crippen molar-refractivity contribution in [2.75, 3.05) is 11.4 Å². The highest BCUT2D eigenvalue weighted by Gasteiger charge is 2.36. The van der Waals surface area contributed by atoms with Gasteiger partial charge in [-0.15, -0.1) is 0 Å². The van der Waals surface area contributed by atoms with Crippen LogP contribution >= 0.6 is 0 Å². The monoisotopic (exact) mass is 414 g/mol. The summed E-state index contributed by atoms with van der Waals surface area (Å²) in [5, 5.41) is 0. The third kappa shape index (κ3) is 4.74. The molecule has 7 heteroatoms. The van der Waals surface area contributed by atoms with Crippen LogP contribution in [0.4, 0.5) is 5.69 Å². The number of rotatable bonds is 10. The van der Waals surface area contributed by atoms with Gasteiger partial charge >= 0.3 is 0 Å². The van der Waals surface area contributed by atoms with Crippen LogP contribution in [0.15, 0.2) is 53.4 Å². The average molecular weight is 415 g/mol. The van der Waals surface area contributed by atoms with E-state index in [4.69, 9.17) is 0 Å². The Bertz CT molecular complexity index is 966. The maximum atomic E-state index is 12.6. The SMILES string of the molecule is CCCCCCCCNS(=O)(=O)c1cccc(N2C(=O)c3ccccc3C2=O)c1. The standard InChI is InChI=1S/C22H26N2O4S/c1-2-3-4-5-6-9-15-23-29(27,28)18-12-10-11-17(16-18)24-21(25)19-13-7-8-14-20(19)22(24)26/h7-8,10-14,16,23H,2-6,9,15H2,1H3. The van der Waals surface area contributed by atoms with Crippen LogP contribution in [0.3, 0.4) is 0 Å². The van der Waals surface area contributed by atoms with Crippen LogP contribution in [0, 0.1) is 0 Å². The lowest BCUT2D eigenvalue weighted by Crippen LogP contribution is -2.30. The van der Waals surface area contributed by atoms with Crippen molar-refractivity contribution in [1.82, 2.24) is 4.72 Å². The summed E-state index contributed by atoms with van der Waals surface area (Å²) in [7, 11) is -3.71. The average Bonchev–Trinajstić information content (AvgIpc) is 2.98. The molecule has 0 saturated carbocycles. The molecule has 1 aliphatic heterocycles. The molecule has 0 saturated heterocycles. The highest BCUT2D eigenvalue weighted by molar-refractivity contribution is 7.89. The van der Waals surface area contributed by atoms with Crippen LogP contribution < -0.4 is 9.62 Å². The van der Waals surface area contributed by atoms with Crippen LogP contribution in [-0.2, 0) is 10.0 Å². The molecule has 0 aliphatic carbocycles. The predicted octanol–water partition coefficient (Wildman–Crippen LogP) is 4.13. The highest BCUT2D eigenvalue weighted by atomic mass is 32.2. The fraction of sp³-hybridized carbons (Fsp3) is 0.364. The van der Waals surface area contributed by atoms with Gasteiger partial charge in [0.2, 0.25) is 10.0 Å². The quantitative estimate of drug-likeness (QED) is 0.468. The van der Waals surface area contributed by atoms with Crippen LogP contribution in [0.1, 0.15) is 66.2 Å². The summed E-state index contributed by atoms with van der Waals surface area (Å²) in [4.78, 5) is 26.3. The Balaban J connectivity index is 1.68. The van der Waals surface area contributed by atoms with E-state index in [0.717, 1.165) is 24.2 Å². The van der Waals surface area contributed by atoms with Gasteiger partial charge in [0.05, 0.1) is 21.7 Å². The van der Waals surface area contributed by atoms with Crippen LogP contribution in [0.2, 0.25) is 0 Å². The Hall–Kier alpha value is -2.51. The van der Waals surface area contributed by atoms with Crippen molar-refractivity contribution < 1.29 is 18.0 Å². The summed E-state index contributed by atoms with van der Waals surface area (Å²) in [6.07, 6.45) is 6.42. The van der Waals surface area contributed by atoms with Gasteiger partial charge < -0.3 is 0 Å². The lowest BCUT2D eigenvalue weighted by Gasteiger charge is -2.15. The lowest BCUT2D eigenvalue weighted by molar-refractivity contribution is 0.0926. The van der Waals surface area contributed by atoms with Crippen molar-refractivity contribution in [2.45, 2.75) is 50.3 Å². The number of benzene rings is 2. The molecule has 0 radical (unpaired) electrons. The van der Waals surface area contributed by atoms with Crippen LogP contribution in [0.25, 0.3) is 0 Å². The molecular weight excluding hydrogens is 388 g/mol. The van der Waals surface area contributed by atoms with Crippen LogP contribution in [-0.4, -0.2) is 26.8 Å². The smallest absolute Gasteiger partial charge is 0.266 e. The molecule has 0 bridgehead atoms. The Kier molecular flexibility index (Phi) is 6.82. The third-order valence-electron chi connectivity index (χ3n) is 5.00. The first-order valence-corrected chi connectivity index (χ1v) is 11.5. The number of fused-ring (bicyclic) bond motifs is 1.